The van der Waals surface area contributed by atoms with Crippen molar-refractivity contribution in [3.63, 3.8) is 0 Å². The van der Waals surface area contributed by atoms with Crippen molar-refractivity contribution in [3.8, 4) is 0 Å². The summed E-state index contributed by atoms with van der Waals surface area (Å²) in [7, 11) is 0. The van der Waals surface area contributed by atoms with Crippen molar-refractivity contribution in [1.29, 1.82) is 0 Å². The SMILES string of the molecule is CCOC(=O)CN(C(=O)CBr)C1CC1. The third-order valence-corrected chi connectivity index (χ3v) is 2.51. The molecule has 0 aliphatic heterocycles. The first-order valence-electron chi connectivity index (χ1n) is 4.70. The lowest BCUT2D eigenvalue weighted by Gasteiger charge is -2.19. The van der Waals surface area contributed by atoms with E-state index in [0.29, 0.717) is 6.61 Å². The molecule has 1 aliphatic carbocycles. The number of esters is 1. The Morgan fingerprint density at radius 3 is 2.57 bits per heavy atom. The molecule has 0 aromatic heterocycles. The molecule has 0 spiro atoms. The highest BCUT2D eigenvalue weighted by Crippen LogP contribution is 2.26. The van der Waals surface area contributed by atoms with Crippen molar-refractivity contribution in [3.05, 3.63) is 0 Å². The summed E-state index contributed by atoms with van der Waals surface area (Å²) in [6, 6.07) is 0.254. The van der Waals surface area contributed by atoms with E-state index >= 15 is 0 Å². The first kappa shape index (κ1) is 11.5. The summed E-state index contributed by atoms with van der Waals surface area (Å²) in [5.41, 5.74) is 0. The highest BCUT2D eigenvalue weighted by Gasteiger charge is 2.33. The molecule has 0 saturated heterocycles. The molecule has 1 rings (SSSR count). The lowest BCUT2D eigenvalue weighted by atomic mass is 10.4. The standard InChI is InChI=1S/C9H14BrNO3/c1-2-14-9(13)6-11(7-3-4-7)8(12)5-10/h7H,2-6H2,1H3. The second-order valence-corrected chi connectivity index (χ2v) is 3.75. The van der Waals surface area contributed by atoms with Crippen molar-refractivity contribution in [1.82, 2.24) is 4.90 Å². The first-order chi connectivity index (χ1) is 6.69. The van der Waals surface area contributed by atoms with E-state index in [1.165, 1.54) is 0 Å². The van der Waals surface area contributed by atoms with Gasteiger partial charge in [0, 0.05) is 6.04 Å². The molecule has 1 aliphatic rings. The number of amides is 1. The molecule has 14 heavy (non-hydrogen) atoms. The van der Waals surface area contributed by atoms with E-state index in [4.69, 9.17) is 4.74 Å². The number of carbonyl (C=O) groups excluding carboxylic acids is 2. The van der Waals surface area contributed by atoms with Crippen molar-refractivity contribution in [2.45, 2.75) is 25.8 Å². The zero-order chi connectivity index (χ0) is 10.6. The molecular formula is C9H14BrNO3. The average molecular weight is 264 g/mol. The van der Waals surface area contributed by atoms with Crippen molar-refractivity contribution < 1.29 is 14.3 Å². The first-order valence-corrected chi connectivity index (χ1v) is 5.82. The number of hydrogen-bond donors (Lipinski definition) is 0. The molecule has 4 nitrogen and oxygen atoms in total. The summed E-state index contributed by atoms with van der Waals surface area (Å²) in [4.78, 5) is 24.2. The third kappa shape index (κ3) is 3.29. The molecule has 1 fully saturated rings. The number of halogens is 1. The van der Waals surface area contributed by atoms with Gasteiger partial charge < -0.3 is 9.64 Å². The molecular weight excluding hydrogens is 250 g/mol. The Kier molecular flexibility index (Phi) is 4.38. The summed E-state index contributed by atoms with van der Waals surface area (Å²) in [5.74, 6) is -0.366. The van der Waals surface area contributed by atoms with Crippen molar-refractivity contribution in [2.75, 3.05) is 18.5 Å². The van der Waals surface area contributed by atoms with Gasteiger partial charge in [-0.25, -0.2) is 0 Å². The van der Waals surface area contributed by atoms with E-state index in [-0.39, 0.29) is 29.8 Å². The van der Waals surface area contributed by atoms with Gasteiger partial charge in [-0.2, -0.15) is 0 Å². The molecule has 0 radical (unpaired) electrons. The fraction of sp³-hybridized carbons (Fsp3) is 0.778. The van der Waals surface area contributed by atoms with Crippen LogP contribution in [0.4, 0.5) is 0 Å². The summed E-state index contributed by atoms with van der Waals surface area (Å²) < 4.78 is 4.80. The van der Waals surface area contributed by atoms with Gasteiger partial charge in [-0.05, 0) is 19.8 Å². The van der Waals surface area contributed by atoms with Gasteiger partial charge in [-0.15, -0.1) is 0 Å². The number of nitrogens with zero attached hydrogens (tertiary/aromatic N) is 1. The van der Waals surface area contributed by atoms with E-state index in [0.717, 1.165) is 12.8 Å². The fourth-order valence-corrected chi connectivity index (χ4v) is 1.55. The van der Waals surface area contributed by atoms with Crippen LogP contribution in [-0.4, -0.2) is 41.3 Å². The van der Waals surface area contributed by atoms with Gasteiger partial charge in [0.2, 0.25) is 5.91 Å². The van der Waals surface area contributed by atoms with E-state index < -0.39 is 0 Å². The second-order valence-electron chi connectivity index (χ2n) is 3.19. The minimum absolute atomic E-state index is 0.0412. The van der Waals surface area contributed by atoms with Gasteiger partial charge in [0.1, 0.15) is 6.54 Å². The predicted molar refractivity (Wildman–Crippen MR) is 55.2 cm³/mol. The molecule has 0 bridgehead atoms. The van der Waals surface area contributed by atoms with Crippen LogP contribution in [0.1, 0.15) is 19.8 Å². The third-order valence-electron chi connectivity index (χ3n) is 2.03. The zero-order valence-electron chi connectivity index (χ0n) is 8.16. The van der Waals surface area contributed by atoms with Crippen molar-refractivity contribution in [2.24, 2.45) is 0 Å². The summed E-state index contributed by atoms with van der Waals surface area (Å²) in [5, 5.41) is 0.267. The fourth-order valence-electron chi connectivity index (χ4n) is 1.23. The van der Waals surface area contributed by atoms with Gasteiger partial charge >= 0.3 is 5.97 Å². The highest BCUT2D eigenvalue weighted by molar-refractivity contribution is 9.09. The molecule has 0 aromatic carbocycles. The molecule has 80 valence electrons. The van der Waals surface area contributed by atoms with E-state index in [9.17, 15) is 9.59 Å². The Balaban J connectivity index is 2.42. The minimum atomic E-state index is -0.325. The van der Waals surface area contributed by atoms with Crippen LogP contribution < -0.4 is 0 Å². The van der Waals surface area contributed by atoms with Gasteiger partial charge in [0.25, 0.3) is 0 Å². The minimum Gasteiger partial charge on any atom is -0.465 e. The molecule has 0 aromatic rings. The van der Waals surface area contributed by atoms with Gasteiger partial charge in [-0.1, -0.05) is 15.9 Å². The Morgan fingerprint density at radius 1 is 1.50 bits per heavy atom. The summed E-state index contributed by atoms with van der Waals surface area (Å²) in [6.45, 7) is 2.20. The van der Waals surface area contributed by atoms with Crippen LogP contribution in [0.25, 0.3) is 0 Å². The number of carbonyl (C=O) groups is 2. The van der Waals surface area contributed by atoms with Crippen LogP contribution >= 0.6 is 15.9 Å². The molecule has 0 heterocycles. The Hall–Kier alpha value is -0.580. The van der Waals surface area contributed by atoms with Crippen LogP contribution in [0.3, 0.4) is 0 Å². The van der Waals surface area contributed by atoms with Crippen LogP contribution in [0.2, 0.25) is 0 Å². The smallest absolute Gasteiger partial charge is 0.325 e. The Bertz CT molecular complexity index is 228. The molecule has 1 amide bonds. The summed E-state index contributed by atoms with van der Waals surface area (Å²) in [6.07, 6.45) is 2.00. The molecule has 0 N–H and O–H groups in total. The highest BCUT2D eigenvalue weighted by atomic mass is 79.9. The maximum absolute atomic E-state index is 11.4. The van der Waals surface area contributed by atoms with E-state index in [1.54, 1.807) is 11.8 Å². The summed E-state index contributed by atoms with van der Waals surface area (Å²) >= 11 is 3.10. The van der Waals surface area contributed by atoms with Gasteiger partial charge in [0.05, 0.1) is 11.9 Å². The molecule has 1 saturated carbocycles. The number of alkyl halides is 1. The van der Waals surface area contributed by atoms with Gasteiger partial charge in [0.15, 0.2) is 0 Å². The molecule has 5 heteroatoms. The van der Waals surface area contributed by atoms with Crippen LogP contribution in [0.5, 0.6) is 0 Å². The number of hydrogen-bond acceptors (Lipinski definition) is 3. The van der Waals surface area contributed by atoms with Crippen LogP contribution in [0.15, 0.2) is 0 Å². The quantitative estimate of drug-likeness (QED) is 0.548. The average Bonchev–Trinajstić information content (AvgIpc) is 2.97. The largest absolute Gasteiger partial charge is 0.465 e. The van der Waals surface area contributed by atoms with Crippen molar-refractivity contribution >= 4 is 27.8 Å². The normalized spacial score (nSPS) is 15.0. The molecule has 0 unspecified atom stereocenters. The number of ether oxygens (including phenoxy) is 1. The van der Waals surface area contributed by atoms with Gasteiger partial charge in [-0.3, -0.25) is 9.59 Å². The number of rotatable bonds is 5. The van der Waals surface area contributed by atoms with E-state index in [2.05, 4.69) is 15.9 Å². The topological polar surface area (TPSA) is 46.6 Å². The second kappa shape index (κ2) is 5.34. The van der Waals surface area contributed by atoms with Crippen LogP contribution in [-0.2, 0) is 14.3 Å². The van der Waals surface area contributed by atoms with Crippen LogP contribution in [0, 0.1) is 0 Å². The monoisotopic (exact) mass is 263 g/mol. The zero-order valence-corrected chi connectivity index (χ0v) is 9.75. The van der Waals surface area contributed by atoms with E-state index in [1.807, 2.05) is 0 Å². The Labute approximate surface area is 91.7 Å². The maximum Gasteiger partial charge on any atom is 0.325 e. The Morgan fingerprint density at radius 2 is 2.14 bits per heavy atom. The lowest BCUT2D eigenvalue weighted by molar-refractivity contribution is -0.148. The molecule has 0 atom stereocenters. The lowest BCUT2D eigenvalue weighted by Crippen LogP contribution is -2.38. The predicted octanol–water partition coefficient (Wildman–Crippen LogP) is 0.935. The maximum atomic E-state index is 11.4.